The summed E-state index contributed by atoms with van der Waals surface area (Å²) in [5.41, 5.74) is 3.83. The summed E-state index contributed by atoms with van der Waals surface area (Å²) in [6.45, 7) is 0. The van der Waals surface area contributed by atoms with E-state index in [-0.39, 0.29) is 11.8 Å². The van der Waals surface area contributed by atoms with Crippen LogP contribution in [0.15, 0.2) is 24.4 Å². The Morgan fingerprint density at radius 3 is 2.57 bits per heavy atom. The molecule has 0 saturated carbocycles. The van der Waals surface area contributed by atoms with Crippen LogP contribution in [0.2, 0.25) is 0 Å². The largest absolute Gasteiger partial charge is 0.346 e. The number of carbonyl (C=O) groups is 2. The quantitative estimate of drug-likeness (QED) is 0.658. The van der Waals surface area contributed by atoms with E-state index in [1.807, 2.05) is 24.4 Å². The number of aromatic nitrogens is 1. The van der Waals surface area contributed by atoms with Crippen molar-refractivity contribution in [1.82, 2.24) is 14.6 Å². The van der Waals surface area contributed by atoms with Crippen molar-refractivity contribution in [3.63, 3.8) is 0 Å². The highest BCUT2D eigenvalue weighted by atomic mass is 16.2. The second kappa shape index (κ2) is 7.03. The third-order valence-electron chi connectivity index (χ3n) is 7.26. The van der Waals surface area contributed by atoms with Crippen molar-refractivity contribution in [2.24, 2.45) is 0 Å². The molecule has 2 aromatic rings. The lowest BCUT2D eigenvalue weighted by atomic mass is 9.82. The molecule has 0 aromatic carbocycles. The number of nitrogens with one attached hydrogen (secondary N) is 1. The highest BCUT2D eigenvalue weighted by Gasteiger charge is 2.37. The summed E-state index contributed by atoms with van der Waals surface area (Å²) in [6, 6.07) is 7.11. The molecule has 3 aliphatic rings. The number of aryl methyl sites for hydroxylation is 1. The highest BCUT2D eigenvalue weighted by Crippen LogP contribution is 2.33. The van der Waals surface area contributed by atoms with Gasteiger partial charge < -0.3 is 14.6 Å². The Morgan fingerprint density at radius 1 is 1.04 bits per heavy atom. The molecular formula is C23H29N3O2. The summed E-state index contributed by atoms with van der Waals surface area (Å²) in [7, 11) is 2.21. The van der Waals surface area contributed by atoms with Crippen LogP contribution in [0.5, 0.6) is 0 Å². The first-order chi connectivity index (χ1) is 13.6. The van der Waals surface area contributed by atoms with Crippen molar-refractivity contribution in [3.05, 3.63) is 41.2 Å². The molecule has 5 heteroatoms. The second-order valence-corrected chi connectivity index (χ2v) is 8.84. The fourth-order valence-corrected chi connectivity index (χ4v) is 5.81. The molecule has 5 rings (SSSR count). The fourth-order valence-electron chi connectivity index (χ4n) is 5.81. The van der Waals surface area contributed by atoms with Crippen LogP contribution >= 0.6 is 0 Å². The van der Waals surface area contributed by atoms with E-state index in [9.17, 15) is 9.59 Å². The molecule has 1 aliphatic carbocycles. The smallest absolute Gasteiger partial charge is 0.292 e. The number of nitrogens with zero attached hydrogens (tertiary/aromatic N) is 2. The molecule has 2 atom stereocenters. The van der Waals surface area contributed by atoms with Gasteiger partial charge in [-0.2, -0.15) is 0 Å². The van der Waals surface area contributed by atoms with E-state index in [4.69, 9.17) is 0 Å². The molecule has 2 aliphatic heterocycles. The molecule has 2 aromatic heterocycles. The van der Waals surface area contributed by atoms with Crippen molar-refractivity contribution in [3.8, 4) is 0 Å². The van der Waals surface area contributed by atoms with Gasteiger partial charge in [-0.1, -0.05) is 12.5 Å². The predicted molar refractivity (Wildman–Crippen MR) is 109 cm³/mol. The molecule has 2 unspecified atom stereocenters. The predicted octanol–water partition coefficient (Wildman–Crippen LogP) is 3.13. The van der Waals surface area contributed by atoms with Gasteiger partial charge in [-0.05, 0) is 76.1 Å². The number of ketones is 1. The van der Waals surface area contributed by atoms with Gasteiger partial charge in [-0.3, -0.25) is 9.59 Å². The standard InChI is InChI=1S/C23H29N3O2/c1-25-16-7-6-8-17(25)14-15(13-16)24-23(28)22(27)21-18-9-2-3-10-19(18)26-12-5-4-11-20(21)26/h4-5,11-12,15-17H,2-3,6-10,13-14H2,1H3,(H,24,28). The average molecular weight is 380 g/mol. The maximum atomic E-state index is 13.2. The van der Waals surface area contributed by atoms with Crippen LogP contribution in [0.1, 0.15) is 66.6 Å². The second-order valence-electron chi connectivity index (χ2n) is 8.84. The summed E-state index contributed by atoms with van der Waals surface area (Å²) in [6.07, 6.45) is 11.7. The van der Waals surface area contributed by atoms with Gasteiger partial charge in [0.1, 0.15) is 0 Å². The fraction of sp³-hybridized carbons (Fsp3) is 0.565. The Kier molecular flexibility index (Phi) is 4.50. The Labute approximate surface area is 166 Å². The minimum Gasteiger partial charge on any atom is -0.346 e. The third kappa shape index (κ3) is 2.87. The number of hydrogen-bond acceptors (Lipinski definition) is 3. The number of hydrogen-bond donors (Lipinski definition) is 1. The normalized spacial score (nSPS) is 27.4. The first-order valence-corrected chi connectivity index (χ1v) is 10.8. The van der Waals surface area contributed by atoms with Gasteiger partial charge in [0.2, 0.25) is 0 Å². The van der Waals surface area contributed by atoms with Crippen LogP contribution in [-0.2, 0) is 17.6 Å². The van der Waals surface area contributed by atoms with Crippen molar-refractivity contribution >= 4 is 17.2 Å². The van der Waals surface area contributed by atoms with E-state index in [1.165, 1.54) is 25.0 Å². The third-order valence-corrected chi connectivity index (χ3v) is 7.26. The van der Waals surface area contributed by atoms with E-state index in [0.29, 0.717) is 17.6 Å². The van der Waals surface area contributed by atoms with Crippen molar-refractivity contribution in [1.29, 1.82) is 0 Å². The SMILES string of the molecule is CN1C2CCCC1CC(NC(=O)C(=O)c1c3c(n4ccccc14)CCCC3)C2. The van der Waals surface area contributed by atoms with Crippen molar-refractivity contribution < 1.29 is 9.59 Å². The number of pyridine rings is 1. The zero-order valence-corrected chi connectivity index (χ0v) is 16.6. The Morgan fingerprint density at radius 2 is 1.79 bits per heavy atom. The lowest BCUT2D eigenvalue weighted by molar-refractivity contribution is -0.118. The highest BCUT2D eigenvalue weighted by molar-refractivity contribution is 6.44. The molecule has 2 saturated heterocycles. The molecule has 28 heavy (non-hydrogen) atoms. The first kappa shape index (κ1) is 17.9. The van der Waals surface area contributed by atoms with Gasteiger partial charge in [0, 0.05) is 30.0 Å². The maximum absolute atomic E-state index is 13.2. The Hall–Kier alpha value is -2.14. The lowest BCUT2D eigenvalue weighted by Gasteiger charge is -2.47. The Bertz CT molecular complexity index is 917. The van der Waals surface area contributed by atoms with Gasteiger partial charge in [0.25, 0.3) is 11.7 Å². The van der Waals surface area contributed by atoms with Gasteiger partial charge in [0.05, 0.1) is 11.1 Å². The van der Waals surface area contributed by atoms with Crippen LogP contribution in [0, 0.1) is 0 Å². The maximum Gasteiger partial charge on any atom is 0.292 e. The molecular weight excluding hydrogens is 350 g/mol. The van der Waals surface area contributed by atoms with Crippen molar-refractivity contribution in [2.45, 2.75) is 75.9 Å². The Balaban J connectivity index is 1.40. The van der Waals surface area contributed by atoms with Gasteiger partial charge >= 0.3 is 0 Å². The summed E-state index contributed by atoms with van der Waals surface area (Å²) < 4.78 is 2.12. The van der Waals surface area contributed by atoms with E-state index in [1.54, 1.807) is 0 Å². The lowest BCUT2D eigenvalue weighted by Crippen LogP contribution is -2.56. The molecule has 0 radical (unpaired) electrons. The molecule has 2 fully saturated rings. The number of rotatable bonds is 3. The molecule has 1 N–H and O–H groups in total. The summed E-state index contributed by atoms with van der Waals surface area (Å²) in [5, 5.41) is 3.10. The van der Waals surface area contributed by atoms with E-state index in [0.717, 1.165) is 49.6 Å². The van der Waals surface area contributed by atoms with Crippen LogP contribution < -0.4 is 5.32 Å². The number of fused-ring (bicyclic) bond motifs is 5. The molecule has 2 bridgehead atoms. The number of amides is 1. The number of Topliss-reactive ketones (excluding diaryl/α,β-unsaturated/α-hetero) is 1. The molecule has 0 spiro atoms. The topological polar surface area (TPSA) is 53.8 Å². The minimum absolute atomic E-state index is 0.118. The monoisotopic (exact) mass is 379 g/mol. The molecule has 1 amide bonds. The first-order valence-electron chi connectivity index (χ1n) is 10.8. The van der Waals surface area contributed by atoms with Gasteiger partial charge in [-0.15, -0.1) is 0 Å². The van der Waals surface area contributed by atoms with Crippen LogP contribution in [0.3, 0.4) is 0 Å². The molecule has 148 valence electrons. The van der Waals surface area contributed by atoms with Crippen LogP contribution in [0.4, 0.5) is 0 Å². The molecule has 4 heterocycles. The van der Waals surface area contributed by atoms with E-state index >= 15 is 0 Å². The number of piperidine rings is 2. The van der Waals surface area contributed by atoms with E-state index in [2.05, 4.69) is 21.7 Å². The van der Waals surface area contributed by atoms with E-state index < -0.39 is 5.91 Å². The zero-order chi connectivity index (χ0) is 19.3. The van der Waals surface area contributed by atoms with Crippen LogP contribution in [-0.4, -0.2) is 46.2 Å². The van der Waals surface area contributed by atoms with Crippen LogP contribution in [0.25, 0.3) is 5.52 Å². The summed E-state index contributed by atoms with van der Waals surface area (Å²) in [5.74, 6) is -0.770. The van der Waals surface area contributed by atoms with Gasteiger partial charge in [0.15, 0.2) is 0 Å². The molecule has 5 nitrogen and oxygen atoms in total. The zero-order valence-electron chi connectivity index (χ0n) is 16.6. The average Bonchev–Trinajstić information content (AvgIpc) is 3.03. The summed E-state index contributed by atoms with van der Waals surface area (Å²) in [4.78, 5) is 28.7. The summed E-state index contributed by atoms with van der Waals surface area (Å²) >= 11 is 0. The van der Waals surface area contributed by atoms with Gasteiger partial charge in [-0.25, -0.2) is 0 Å². The minimum atomic E-state index is -0.419. The number of carbonyl (C=O) groups excluding carboxylic acids is 2. The van der Waals surface area contributed by atoms with Crippen molar-refractivity contribution in [2.75, 3.05) is 7.05 Å².